The molecule has 0 aliphatic carbocycles. The van der Waals surface area contributed by atoms with E-state index in [0.29, 0.717) is 33.4 Å². The fourth-order valence-electron chi connectivity index (χ4n) is 2.65. The molecule has 29 heavy (non-hydrogen) atoms. The van der Waals surface area contributed by atoms with Crippen molar-refractivity contribution in [1.82, 2.24) is 14.5 Å². The molecule has 2 N–H and O–H groups in total. The normalized spacial score (nSPS) is 11.9. The number of sulfonamides is 1. The van der Waals surface area contributed by atoms with E-state index in [1.54, 1.807) is 37.3 Å². The summed E-state index contributed by atoms with van der Waals surface area (Å²) >= 11 is 6.04. The summed E-state index contributed by atoms with van der Waals surface area (Å²) in [5, 5.41) is 3.44. The maximum atomic E-state index is 12.8. The van der Waals surface area contributed by atoms with E-state index in [9.17, 15) is 13.2 Å². The van der Waals surface area contributed by atoms with Crippen LogP contribution in [0.15, 0.2) is 57.1 Å². The van der Waals surface area contributed by atoms with E-state index in [4.69, 9.17) is 16.3 Å². The Balaban J connectivity index is 1.92. The molecule has 0 radical (unpaired) electrons. The quantitative estimate of drug-likeness (QED) is 0.582. The molecule has 152 valence electrons. The molecule has 0 unspecified atom stereocenters. The van der Waals surface area contributed by atoms with Gasteiger partial charge in [-0.25, -0.2) is 17.8 Å². The Morgan fingerprint density at radius 3 is 2.52 bits per heavy atom. The summed E-state index contributed by atoms with van der Waals surface area (Å²) in [6.45, 7) is 1.76. The molecule has 1 aromatic heterocycles. The number of aliphatic imine (C=N–C) groups is 1. The van der Waals surface area contributed by atoms with Crippen molar-refractivity contribution in [3.63, 3.8) is 0 Å². The number of halogens is 1. The van der Waals surface area contributed by atoms with Gasteiger partial charge in [0.25, 0.3) is 5.56 Å². The van der Waals surface area contributed by atoms with Crippen molar-refractivity contribution in [3.05, 3.63) is 69.1 Å². The summed E-state index contributed by atoms with van der Waals surface area (Å²) in [6, 6.07) is 11.0. The highest BCUT2D eigenvalue weighted by Crippen LogP contribution is 2.26. The first kappa shape index (κ1) is 20.8. The fraction of sp³-hybridized carbons (Fsp3) is 0.158. The largest absolute Gasteiger partial charge is 0.495 e. The van der Waals surface area contributed by atoms with Gasteiger partial charge in [0.05, 0.1) is 34.0 Å². The molecule has 0 bridgehead atoms. The zero-order valence-corrected chi connectivity index (χ0v) is 17.5. The van der Waals surface area contributed by atoms with Gasteiger partial charge in [-0.05, 0) is 50.4 Å². The number of aryl methyl sites for hydroxylation is 1. The van der Waals surface area contributed by atoms with Gasteiger partial charge in [-0.3, -0.25) is 14.9 Å². The topological polar surface area (TPSA) is 106 Å². The Bertz CT molecular complexity index is 1230. The predicted octanol–water partition coefficient (Wildman–Crippen LogP) is 2.79. The van der Waals surface area contributed by atoms with E-state index in [0.717, 1.165) is 0 Å². The third-order valence-corrected chi connectivity index (χ3v) is 6.01. The number of ether oxygens (including phenoxy) is 1. The maximum Gasteiger partial charge on any atom is 0.280 e. The van der Waals surface area contributed by atoms with E-state index in [1.165, 1.54) is 37.2 Å². The zero-order chi connectivity index (χ0) is 21.2. The van der Waals surface area contributed by atoms with Gasteiger partial charge in [-0.15, -0.1) is 0 Å². The summed E-state index contributed by atoms with van der Waals surface area (Å²) in [4.78, 5) is 17.2. The number of hydrogen-bond acceptors (Lipinski definition) is 5. The highest BCUT2D eigenvalue weighted by Gasteiger charge is 2.13. The van der Waals surface area contributed by atoms with Gasteiger partial charge in [-0.2, -0.15) is 0 Å². The highest BCUT2D eigenvalue weighted by molar-refractivity contribution is 7.89. The van der Waals surface area contributed by atoms with Crippen LogP contribution in [0.5, 0.6) is 5.75 Å². The highest BCUT2D eigenvalue weighted by atomic mass is 35.5. The molecule has 0 fully saturated rings. The molecule has 0 amide bonds. The standard InChI is InChI=1S/C19H19ClN4O4S/c1-12-16(11-22-13-4-7-15(8-5-13)29(26,27)21-2)19(25)24(23-12)14-6-9-17(20)18(10-14)28-3/h4-11,21,23H,1-3H3. The summed E-state index contributed by atoms with van der Waals surface area (Å²) < 4.78 is 32.4. The lowest BCUT2D eigenvalue weighted by atomic mass is 10.2. The molecule has 0 aliphatic rings. The zero-order valence-electron chi connectivity index (χ0n) is 15.9. The molecule has 0 saturated heterocycles. The number of nitrogens with zero attached hydrogens (tertiary/aromatic N) is 2. The van der Waals surface area contributed by atoms with Crippen LogP contribution in [0.4, 0.5) is 5.69 Å². The first-order valence-electron chi connectivity index (χ1n) is 8.50. The van der Waals surface area contributed by atoms with E-state index < -0.39 is 10.0 Å². The Morgan fingerprint density at radius 2 is 1.90 bits per heavy atom. The van der Waals surface area contributed by atoms with E-state index in [-0.39, 0.29) is 10.5 Å². The van der Waals surface area contributed by atoms with Crippen LogP contribution >= 0.6 is 11.6 Å². The molecule has 0 aliphatic heterocycles. The van der Waals surface area contributed by atoms with Gasteiger partial charge >= 0.3 is 0 Å². The van der Waals surface area contributed by atoms with Gasteiger partial charge in [0.15, 0.2) is 0 Å². The average molecular weight is 435 g/mol. The molecular formula is C19H19ClN4O4S. The average Bonchev–Trinajstić information content (AvgIpc) is 3.00. The molecule has 0 atom stereocenters. The van der Waals surface area contributed by atoms with Crippen molar-refractivity contribution >= 4 is 33.5 Å². The molecule has 0 saturated carbocycles. The predicted molar refractivity (Wildman–Crippen MR) is 113 cm³/mol. The lowest BCUT2D eigenvalue weighted by Gasteiger charge is -2.06. The van der Waals surface area contributed by atoms with Crippen LogP contribution < -0.4 is 15.0 Å². The van der Waals surface area contributed by atoms with Crippen LogP contribution in [0.1, 0.15) is 11.3 Å². The van der Waals surface area contributed by atoms with Gasteiger partial charge in [0, 0.05) is 18.0 Å². The maximum absolute atomic E-state index is 12.8. The van der Waals surface area contributed by atoms with Crippen LogP contribution in [-0.4, -0.2) is 38.6 Å². The number of rotatable bonds is 6. The number of aromatic nitrogens is 2. The van der Waals surface area contributed by atoms with Crippen molar-refractivity contribution in [2.75, 3.05) is 14.2 Å². The minimum absolute atomic E-state index is 0.135. The fourth-order valence-corrected chi connectivity index (χ4v) is 3.57. The molecule has 1 heterocycles. The Labute approximate surface area is 172 Å². The van der Waals surface area contributed by atoms with Crippen molar-refractivity contribution in [3.8, 4) is 11.4 Å². The molecule has 3 rings (SSSR count). The molecule has 3 aromatic rings. The third kappa shape index (κ3) is 4.26. The summed E-state index contributed by atoms with van der Waals surface area (Å²) in [6.07, 6.45) is 1.44. The van der Waals surface area contributed by atoms with Crippen molar-refractivity contribution in [2.24, 2.45) is 4.99 Å². The second kappa shape index (κ2) is 8.24. The van der Waals surface area contributed by atoms with E-state index in [1.807, 2.05) is 0 Å². The SMILES string of the molecule is CNS(=O)(=O)c1ccc(N=Cc2c(C)[nH]n(-c3ccc(Cl)c(OC)c3)c2=O)cc1. The summed E-state index contributed by atoms with van der Waals surface area (Å²) in [5.74, 6) is 0.454. The smallest absolute Gasteiger partial charge is 0.280 e. The lowest BCUT2D eigenvalue weighted by molar-refractivity contribution is 0.414. The van der Waals surface area contributed by atoms with Crippen molar-refractivity contribution < 1.29 is 13.2 Å². The van der Waals surface area contributed by atoms with Gasteiger partial charge in [-0.1, -0.05) is 11.6 Å². The molecule has 2 aromatic carbocycles. The van der Waals surface area contributed by atoms with Crippen LogP contribution in [0.25, 0.3) is 5.69 Å². The Hall–Kier alpha value is -2.88. The Kier molecular flexibility index (Phi) is 5.92. The first-order chi connectivity index (χ1) is 13.8. The second-order valence-electron chi connectivity index (χ2n) is 6.07. The van der Waals surface area contributed by atoms with Gasteiger partial charge < -0.3 is 4.74 Å². The number of methoxy groups -OCH3 is 1. The van der Waals surface area contributed by atoms with Crippen molar-refractivity contribution in [2.45, 2.75) is 11.8 Å². The van der Waals surface area contributed by atoms with Crippen LogP contribution in [0, 0.1) is 6.92 Å². The van der Waals surface area contributed by atoms with Crippen LogP contribution in [-0.2, 0) is 10.0 Å². The lowest BCUT2D eigenvalue weighted by Crippen LogP contribution is -2.18. The summed E-state index contributed by atoms with van der Waals surface area (Å²) in [5.41, 5.74) is 1.80. The third-order valence-electron chi connectivity index (χ3n) is 4.27. The number of nitrogens with one attached hydrogen (secondary N) is 2. The number of hydrogen-bond donors (Lipinski definition) is 2. The van der Waals surface area contributed by atoms with E-state index in [2.05, 4.69) is 14.8 Å². The Morgan fingerprint density at radius 1 is 1.21 bits per heavy atom. The number of H-pyrrole nitrogens is 1. The number of benzene rings is 2. The second-order valence-corrected chi connectivity index (χ2v) is 8.36. The van der Waals surface area contributed by atoms with E-state index >= 15 is 0 Å². The molecule has 0 spiro atoms. The van der Waals surface area contributed by atoms with Crippen molar-refractivity contribution in [1.29, 1.82) is 0 Å². The van der Waals surface area contributed by atoms with Crippen LogP contribution in [0.2, 0.25) is 5.02 Å². The molecule has 10 heteroatoms. The molecular weight excluding hydrogens is 416 g/mol. The van der Waals surface area contributed by atoms with Gasteiger partial charge in [0.2, 0.25) is 10.0 Å². The van der Waals surface area contributed by atoms with Crippen LogP contribution in [0.3, 0.4) is 0 Å². The first-order valence-corrected chi connectivity index (χ1v) is 10.4. The summed E-state index contributed by atoms with van der Waals surface area (Å²) in [7, 11) is -0.668. The monoisotopic (exact) mass is 434 g/mol. The minimum atomic E-state index is -3.51. The van der Waals surface area contributed by atoms with Gasteiger partial charge in [0.1, 0.15) is 5.75 Å². The minimum Gasteiger partial charge on any atom is -0.495 e. The molecule has 8 nitrogen and oxygen atoms in total. The number of aromatic amines is 1.